The fraction of sp³-hybridized carbons (Fsp3) is 0.211. The summed E-state index contributed by atoms with van der Waals surface area (Å²) in [5.74, 6) is 0.375. The molecular formula is C19H20N2O4S2. The van der Waals surface area contributed by atoms with Gasteiger partial charge in [0.05, 0.1) is 4.90 Å². The van der Waals surface area contributed by atoms with Crippen LogP contribution in [0, 0.1) is 0 Å². The smallest absolute Gasteiger partial charge is 0.360 e. The van der Waals surface area contributed by atoms with Crippen molar-refractivity contribution in [2.24, 2.45) is 0 Å². The Labute approximate surface area is 161 Å². The van der Waals surface area contributed by atoms with Gasteiger partial charge in [0.1, 0.15) is 11.4 Å². The summed E-state index contributed by atoms with van der Waals surface area (Å²) in [6.07, 6.45) is 1.61. The molecule has 0 aliphatic heterocycles. The van der Waals surface area contributed by atoms with E-state index in [4.69, 9.17) is 4.52 Å². The number of sulfonamides is 1. The van der Waals surface area contributed by atoms with Crippen molar-refractivity contribution in [3.63, 3.8) is 0 Å². The molecule has 8 heteroatoms. The third kappa shape index (κ3) is 4.52. The zero-order valence-corrected chi connectivity index (χ0v) is 16.4. The van der Waals surface area contributed by atoms with Crippen LogP contribution in [0.3, 0.4) is 0 Å². The van der Waals surface area contributed by atoms with Crippen molar-refractivity contribution in [3.8, 4) is 11.3 Å². The van der Waals surface area contributed by atoms with Crippen LogP contribution in [0.2, 0.25) is 0 Å². The van der Waals surface area contributed by atoms with Gasteiger partial charge >= 0.3 is 5.09 Å². The molecule has 0 aliphatic carbocycles. The fourth-order valence-electron chi connectivity index (χ4n) is 2.47. The van der Waals surface area contributed by atoms with Crippen LogP contribution in [0.1, 0.15) is 19.8 Å². The molecule has 1 atom stereocenters. The Hall–Kier alpha value is -2.29. The Morgan fingerprint density at radius 2 is 1.70 bits per heavy atom. The van der Waals surface area contributed by atoms with Gasteiger partial charge in [0, 0.05) is 16.7 Å². The minimum Gasteiger partial charge on any atom is -0.609 e. The number of hydrogen-bond donors (Lipinski definition) is 1. The summed E-state index contributed by atoms with van der Waals surface area (Å²) in [4.78, 5) is 0.107. The summed E-state index contributed by atoms with van der Waals surface area (Å²) in [7, 11) is -3.87. The minimum atomic E-state index is -3.87. The Kier molecular flexibility index (Phi) is 6.20. The van der Waals surface area contributed by atoms with Crippen LogP contribution >= 0.6 is 0 Å². The molecule has 3 aromatic rings. The summed E-state index contributed by atoms with van der Waals surface area (Å²) < 4.78 is 46.1. The van der Waals surface area contributed by atoms with E-state index < -0.39 is 21.2 Å². The second-order valence-corrected chi connectivity index (χ2v) is 9.03. The van der Waals surface area contributed by atoms with Gasteiger partial charge in [-0.2, -0.15) is 0 Å². The Morgan fingerprint density at radius 3 is 2.33 bits per heavy atom. The Bertz CT molecular complexity index is 973. The lowest BCUT2D eigenvalue weighted by molar-refractivity contribution is 0.342. The maximum Gasteiger partial charge on any atom is 0.360 e. The number of nitrogens with zero attached hydrogens (tertiary/aromatic N) is 1. The van der Waals surface area contributed by atoms with Crippen molar-refractivity contribution in [2.75, 3.05) is 10.5 Å². The lowest BCUT2D eigenvalue weighted by atomic mass is 10.1. The number of nitrogens with one attached hydrogen (secondary N) is 1. The van der Waals surface area contributed by atoms with E-state index in [0.717, 1.165) is 12.8 Å². The zero-order valence-electron chi connectivity index (χ0n) is 14.8. The molecule has 0 fully saturated rings. The lowest BCUT2D eigenvalue weighted by Gasteiger charge is -2.11. The molecule has 1 aromatic heterocycles. The summed E-state index contributed by atoms with van der Waals surface area (Å²) in [5.41, 5.74) is 1.11. The number of hydrogen-bond acceptors (Lipinski definition) is 5. The molecule has 1 N–H and O–H groups in total. The van der Waals surface area contributed by atoms with Crippen LogP contribution < -0.4 is 4.72 Å². The molecule has 1 heterocycles. The molecule has 0 saturated heterocycles. The van der Waals surface area contributed by atoms with Crippen LogP contribution in [0.4, 0.5) is 5.69 Å². The Balaban J connectivity index is 2.04. The predicted molar refractivity (Wildman–Crippen MR) is 105 cm³/mol. The van der Waals surface area contributed by atoms with Gasteiger partial charge < -0.3 is 9.08 Å². The molecule has 2 aromatic carbocycles. The van der Waals surface area contributed by atoms with E-state index in [1.807, 2.05) is 25.1 Å². The predicted octanol–water partition coefficient (Wildman–Crippen LogP) is 4.05. The third-order valence-electron chi connectivity index (χ3n) is 3.89. The maximum atomic E-state index is 12.8. The van der Waals surface area contributed by atoms with Gasteiger partial charge in [-0.1, -0.05) is 67.0 Å². The van der Waals surface area contributed by atoms with Gasteiger partial charge in [0.15, 0.2) is 5.69 Å². The quantitative estimate of drug-likeness (QED) is 0.572. The van der Waals surface area contributed by atoms with E-state index in [-0.39, 0.29) is 15.7 Å². The second-order valence-electron chi connectivity index (χ2n) is 5.88. The molecule has 3 rings (SSSR count). The number of benzene rings is 2. The molecule has 0 aliphatic rings. The molecule has 0 radical (unpaired) electrons. The monoisotopic (exact) mass is 404 g/mol. The average Bonchev–Trinajstić information content (AvgIpc) is 3.10. The van der Waals surface area contributed by atoms with Crippen LogP contribution in [0.15, 0.2) is 75.2 Å². The fourth-order valence-corrected chi connectivity index (χ4v) is 4.86. The summed E-state index contributed by atoms with van der Waals surface area (Å²) in [5, 5.41) is 4.04. The van der Waals surface area contributed by atoms with Crippen molar-refractivity contribution < 1.29 is 17.5 Å². The maximum absolute atomic E-state index is 12.8. The number of unbranched alkanes of at least 4 members (excludes halogenated alkanes) is 1. The van der Waals surface area contributed by atoms with E-state index in [1.54, 1.807) is 30.3 Å². The highest BCUT2D eigenvalue weighted by molar-refractivity contribution is 7.93. The SMILES string of the molecule is CCCC[S+]([O-])c1onc(-c2ccccc2)c1NS(=O)(=O)c1ccccc1. The average molecular weight is 405 g/mol. The summed E-state index contributed by atoms with van der Waals surface area (Å²) >= 11 is -1.49. The second kappa shape index (κ2) is 8.60. The van der Waals surface area contributed by atoms with Crippen molar-refractivity contribution in [3.05, 3.63) is 60.7 Å². The molecular weight excluding hydrogens is 384 g/mol. The topological polar surface area (TPSA) is 95.3 Å². The van der Waals surface area contributed by atoms with Gasteiger partial charge in [0.25, 0.3) is 10.0 Å². The molecule has 0 amide bonds. The van der Waals surface area contributed by atoms with Crippen LogP contribution in [0.5, 0.6) is 0 Å². The Morgan fingerprint density at radius 1 is 1.07 bits per heavy atom. The first-order chi connectivity index (χ1) is 13.0. The van der Waals surface area contributed by atoms with E-state index in [0.29, 0.717) is 17.0 Å². The largest absolute Gasteiger partial charge is 0.609 e. The lowest BCUT2D eigenvalue weighted by Crippen LogP contribution is -2.16. The molecule has 27 heavy (non-hydrogen) atoms. The first-order valence-electron chi connectivity index (χ1n) is 8.54. The number of aromatic nitrogens is 1. The highest BCUT2D eigenvalue weighted by Gasteiger charge is 2.30. The summed E-state index contributed by atoms with van der Waals surface area (Å²) in [6.45, 7) is 1.99. The molecule has 0 saturated carbocycles. The molecule has 0 spiro atoms. The zero-order chi connectivity index (χ0) is 19.3. The molecule has 6 nitrogen and oxygen atoms in total. The minimum absolute atomic E-state index is 0.0433. The standard InChI is InChI=1S/C19H20N2O4S2/c1-2-3-14-26(22)19-18(17(20-25-19)15-10-6-4-7-11-15)21-27(23,24)16-12-8-5-9-13-16/h4-13,21H,2-3,14H2,1H3. The highest BCUT2D eigenvalue weighted by Crippen LogP contribution is 2.35. The number of rotatable bonds is 8. The van der Waals surface area contributed by atoms with Crippen LogP contribution in [-0.4, -0.2) is 23.9 Å². The summed E-state index contributed by atoms with van der Waals surface area (Å²) in [6, 6.07) is 17.0. The molecule has 0 bridgehead atoms. The van der Waals surface area contributed by atoms with E-state index in [9.17, 15) is 13.0 Å². The van der Waals surface area contributed by atoms with Crippen molar-refractivity contribution in [1.29, 1.82) is 0 Å². The van der Waals surface area contributed by atoms with E-state index in [2.05, 4.69) is 9.88 Å². The normalized spacial score (nSPS) is 12.7. The highest BCUT2D eigenvalue weighted by atomic mass is 32.2. The van der Waals surface area contributed by atoms with Crippen molar-refractivity contribution in [2.45, 2.75) is 29.8 Å². The van der Waals surface area contributed by atoms with Gasteiger partial charge in [-0.3, -0.25) is 4.72 Å². The third-order valence-corrected chi connectivity index (χ3v) is 6.61. The molecule has 142 valence electrons. The number of anilines is 1. The van der Waals surface area contributed by atoms with Gasteiger partial charge in [-0.15, -0.1) is 0 Å². The van der Waals surface area contributed by atoms with Gasteiger partial charge in [-0.05, 0) is 18.6 Å². The first kappa shape index (κ1) is 19.5. The van der Waals surface area contributed by atoms with E-state index >= 15 is 0 Å². The van der Waals surface area contributed by atoms with Crippen LogP contribution in [0.25, 0.3) is 11.3 Å². The van der Waals surface area contributed by atoms with E-state index in [1.165, 1.54) is 12.1 Å². The van der Waals surface area contributed by atoms with Gasteiger partial charge in [-0.25, -0.2) is 8.42 Å². The van der Waals surface area contributed by atoms with Crippen molar-refractivity contribution in [1.82, 2.24) is 5.16 Å². The van der Waals surface area contributed by atoms with Crippen LogP contribution in [-0.2, 0) is 21.2 Å². The van der Waals surface area contributed by atoms with Crippen molar-refractivity contribution >= 4 is 26.9 Å². The van der Waals surface area contributed by atoms with Gasteiger partial charge in [0.2, 0.25) is 0 Å². The molecule has 1 unspecified atom stereocenters. The first-order valence-corrected chi connectivity index (χ1v) is 11.3.